The first-order valence-corrected chi connectivity index (χ1v) is 10.2. The SMILES string of the molecule is N#Cc1ccc(S(=O)(=O)N2CC[NH+](Cc3ccc(Cl)s3)CC2)cc1. The molecule has 1 fully saturated rings. The van der Waals surface area contributed by atoms with E-state index in [-0.39, 0.29) is 4.90 Å². The number of benzene rings is 1. The van der Waals surface area contributed by atoms with Gasteiger partial charge in [0.2, 0.25) is 10.0 Å². The molecule has 0 radical (unpaired) electrons. The van der Waals surface area contributed by atoms with E-state index in [1.54, 1.807) is 11.3 Å². The van der Waals surface area contributed by atoms with Crippen LogP contribution in [0.2, 0.25) is 4.34 Å². The average Bonchev–Trinajstić information content (AvgIpc) is 3.00. The van der Waals surface area contributed by atoms with Gasteiger partial charge in [0.1, 0.15) is 6.54 Å². The van der Waals surface area contributed by atoms with Crippen LogP contribution in [-0.4, -0.2) is 38.9 Å². The lowest BCUT2D eigenvalue weighted by Crippen LogP contribution is -3.13. The summed E-state index contributed by atoms with van der Waals surface area (Å²) >= 11 is 7.53. The minimum Gasteiger partial charge on any atom is -0.328 e. The van der Waals surface area contributed by atoms with Crippen LogP contribution in [0.4, 0.5) is 0 Å². The molecule has 24 heavy (non-hydrogen) atoms. The van der Waals surface area contributed by atoms with Crippen LogP contribution in [0, 0.1) is 11.3 Å². The summed E-state index contributed by atoms with van der Waals surface area (Å²) in [4.78, 5) is 2.83. The lowest BCUT2D eigenvalue weighted by molar-refractivity contribution is -0.917. The van der Waals surface area contributed by atoms with Crippen molar-refractivity contribution in [2.24, 2.45) is 0 Å². The molecule has 126 valence electrons. The number of sulfonamides is 1. The number of nitriles is 1. The topological polar surface area (TPSA) is 65.6 Å². The van der Waals surface area contributed by atoms with Crippen molar-refractivity contribution in [3.8, 4) is 6.07 Å². The quantitative estimate of drug-likeness (QED) is 0.868. The second-order valence-corrected chi connectivity index (χ2v) is 9.41. The zero-order valence-electron chi connectivity index (χ0n) is 12.9. The average molecular weight is 383 g/mol. The summed E-state index contributed by atoms with van der Waals surface area (Å²) in [5.74, 6) is 0. The first kappa shape index (κ1) is 17.4. The predicted molar refractivity (Wildman–Crippen MR) is 93.6 cm³/mol. The van der Waals surface area contributed by atoms with Gasteiger partial charge in [-0.25, -0.2) is 8.42 Å². The van der Waals surface area contributed by atoms with E-state index in [0.29, 0.717) is 18.7 Å². The highest BCUT2D eigenvalue weighted by Gasteiger charge is 2.30. The fourth-order valence-corrected chi connectivity index (χ4v) is 5.36. The summed E-state index contributed by atoms with van der Waals surface area (Å²) in [7, 11) is -3.49. The van der Waals surface area contributed by atoms with E-state index in [2.05, 4.69) is 0 Å². The molecule has 1 aromatic carbocycles. The summed E-state index contributed by atoms with van der Waals surface area (Å²) in [6, 6.07) is 12.0. The molecule has 1 aliphatic heterocycles. The van der Waals surface area contributed by atoms with Crippen molar-refractivity contribution in [2.45, 2.75) is 11.4 Å². The van der Waals surface area contributed by atoms with Gasteiger partial charge >= 0.3 is 0 Å². The number of nitrogens with one attached hydrogen (secondary N) is 1. The summed E-state index contributed by atoms with van der Waals surface area (Å²) in [6.07, 6.45) is 0. The van der Waals surface area contributed by atoms with Gasteiger partial charge in [-0.05, 0) is 36.4 Å². The van der Waals surface area contributed by atoms with E-state index in [9.17, 15) is 8.42 Å². The minimum atomic E-state index is -3.49. The van der Waals surface area contributed by atoms with E-state index < -0.39 is 10.0 Å². The summed E-state index contributed by atoms with van der Waals surface area (Å²) in [5.41, 5.74) is 0.456. The van der Waals surface area contributed by atoms with Crippen LogP contribution < -0.4 is 4.90 Å². The second kappa shape index (κ2) is 7.21. The maximum absolute atomic E-state index is 12.7. The molecule has 2 aromatic rings. The van der Waals surface area contributed by atoms with Gasteiger partial charge in [0, 0.05) is 0 Å². The monoisotopic (exact) mass is 382 g/mol. The third-order valence-electron chi connectivity index (χ3n) is 4.10. The van der Waals surface area contributed by atoms with Crippen molar-refractivity contribution in [3.05, 3.63) is 51.2 Å². The highest BCUT2D eigenvalue weighted by molar-refractivity contribution is 7.89. The fourth-order valence-electron chi connectivity index (χ4n) is 2.76. The van der Waals surface area contributed by atoms with E-state index in [1.807, 2.05) is 18.2 Å². The van der Waals surface area contributed by atoms with E-state index in [1.165, 1.54) is 38.3 Å². The number of hydrogen-bond donors (Lipinski definition) is 1. The Bertz CT molecular complexity index is 848. The smallest absolute Gasteiger partial charge is 0.243 e. The van der Waals surface area contributed by atoms with Gasteiger partial charge in [0.05, 0.1) is 51.9 Å². The number of piperazine rings is 1. The summed E-state index contributed by atoms with van der Waals surface area (Å²) in [6.45, 7) is 3.41. The number of thiophene rings is 1. The van der Waals surface area contributed by atoms with Gasteiger partial charge in [-0.15, -0.1) is 11.3 Å². The normalized spacial score (nSPS) is 16.8. The van der Waals surface area contributed by atoms with Crippen LogP contribution in [0.1, 0.15) is 10.4 Å². The lowest BCUT2D eigenvalue weighted by Gasteiger charge is -2.31. The Hall–Kier alpha value is -1.43. The zero-order valence-corrected chi connectivity index (χ0v) is 15.3. The highest BCUT2D eigenvalue weighted by atomic mass is 35.5. The van der Waals surface area contributed by atoms with Crippen molar-refractivity contribution >= 4 is 33.0 Å². The molecule has 0 spiro atoms. The van der Waals surface area contributed by atoms with Crippen molar-refractivity contribution in [3.63, 3.8) is 0 Å². The largest absolute Gasteiger partial charge is 0.328 e. The van der Waals surface area contributed by atoms with Crippen molar-refractivity contribution < 1.29 is 13.3 Å². The number of quaternary nitrogens is 1. The molecule has 1 aromatic heterocycles. The Balaban J connectivity index is 1.63. The van der Waals surface area contributed by atoms with Gasteiger partial charge in [0.25, 0.3) is 0 Å². The highest BCUT2D eigenvalue weighted by Crippen LogP contribution is 2.21. The van der Waals surface area contributed by atoms with Gasteiger partial charge in [-0.1, -0.05) is 11.6 Å². The first-order chi connectivity index (χ1) is 11.5. The van der Waals surface area contributed by atoms with Crippen LogP contribution in [0.5, 0.6) is 0 Å². The third-order valence-corrected chi connectivity index (χ3v) is 7.25. The molecular formula is C16H17ClN3O2S2+. The molecule has 3 rings (SSSR count). The molecule has 0 saturated carbocycles. The fraction of sp³-hybridized carbons (Fsp3) is 0.312. The molecule has 0 amide bonds. The first-order valence-electron chi connectivity index (χ1n) is 7.57. The Morgan fingerprint density at radius 3 is 2.38 bits per heavy atom. The van der Waals surface area contributed by atoms with Gasteiger partial charge in [-0.3, -0.25) is 0 Å². The number of halogens is 1. The molecule has 1 saturated heterocycles. The van der Waals surface area contributed by atoms with Crippen molar-refractivity contribution in [1.29, 1.82) is 5.26 Å². The lowest BCUT2D eigenvalue weighted by atomic mass is 10.2. The van der Waals surface area contributed by atoms with Gasteiger partial charge in [-0.2, -0.15) is 9.57 Å². The molecule has 2 heterocycles. The summed E-state index contributed by atoms with van der Waals surface area (Å²) < 4.78 is 27.7. The molecule has 1 aliphatic rings. The molecule has 0 aliphatic carbocycles. The maximum Gasteiger partial charge on any atom is 0.243 e. The van der Waals surface area contributed by atoms with E-state index >= 15 is 0 Å². The molecule has 1 N–H and O–H groups in total. The van der Waals surface area contributed by atoms with Crippen LogP contribution >= 0.6 is 22.9 Å². The van der Waals surface area contributed by atoms with Gasteiger partial charge in [0.15, 0.2) is 0 Å². The Morgan fingerprint density at radius 1 is 1.17 bits per heavy atom. The van der Waals surface area contributed by atoms with Crippen LogP contribution in [0.25, 0.3) is 0 Å². The molecule has 5 nitrogen and oxygen atoms in total. The molecule has 8 heteroatoms. The molecule has 0 unspecified atom stereocenters. The van der Waals surface area contributed by atoms with E-state index in [0.717, 1.165) is 24.0 Å². The van der Waals surface area contributed by atoms with Crippen LogP contribution in [-0.2, 0) is 16.6 Å². The second-order valence-electron chi connectivity index (χ2n) is 5.67. The van der Waals surface area contributed by atoms with Crippen molar-refractivity contribution in [2.75, 3.05) is 26.2 Å². The van der Waals surface area contributed by atoms with E-state index in [4.69, 9.17) is 16.9 Å². The Kier molecular flexibility index (Phi) is 5.23. The number of rotatable bonds is 4. The maximum atomic E-state index is 12.7. The molecular weight excluding hydrogens is 366 g/mol. The Labute approximate surface area is 150 Å². The van der Waals surface area contributed by atoms with Crippen LogP contribution in [0.15, 0.2) is 41.3 Å². The molecule has 0 bridgehead atoms. The predicted octanol–water partition coefficient (Wildman–Crippen LogP) is 1.36. The minimum absolute atomic E-state index is 0.245. The number of hydrogen-bond acceptors (Lipinski definition) is 4. The summed E-state index contributed by atoms with van der Waals surface area (Å²) in [5, 5.41) is 8.81. The molecule has 0 atom stereocenters. The third kappa shape index (κ3) is 3.79. The zero-order chi connectivity index (χ0) is 17.2. The van der Waals surface area contributed by atoms with Crippen LogP contribution in [0.3, 0.4) is 0 Å². The Morgan fingerprint density at radius 2 is 1.83 bits per heavy atom. The standard InChI is InChI=1S/C16H16ClN3O2S2/c17-16-6-3-14(23-16)12-19-7-9-20(10-8-19)24(21,22)15-4-1-13(11-18)2-5-15/h1-6H,7-10,12H2/p+1. The van der Waals surface area contributed by atoms with Gasteiger partial charge < -0.3 is 4.90 Å². The number of nitrogens with zero attached hydrogens (tertiary/aromatic N) is 2. The van der Waals surface area contributed by atoms with Crippen molar-refractivity contribution in [1.82, 2.24) is 4.31 Å².